The highest BCUT2D eigenvalue weighted by Crippen LogP contribution is 2.25. The molecule has 2 N–H and O–H groups in total. The standard InChI is InChI=1S/C18H16FN3OS/c1-20-17(23)14-4-2-3-12(9-14)10-21-18-22-16(11-24-18)13-5-7-15(19)8-6-13/h2-9,11H,10H2,1H3,(H,20,23)(H,21,22). The molecule has 1 aromatic heterocycles. The summed E-state index contributed by atoms with van der Waals surface area (Å²) in [5, 5.41) is 8.56. The average molecular weight is 341 g/mol. The predicted molar refractivity (Wildman–Crippen MR) is 94.7 cm³/mol. The second kappa shape index (κ2) is 7.23. The molecule has 0 aliphatic heterocycles. The number of rotatable bonds is 5. The number of hydrogen-bond donors (Lipinski definition) is 2. The highest BCUT2D eigenvalue weighted by molar-refractivity contribution is 7.14. The normalized spacial score (nSPS) is 10.4. The van der Waals surface area contributed by atoms with Crippen LogP contribution in [0.3, 0.4) is 0 Å². The van der Waals surface area contributed by atoms with Crippen molar-refractivity contribution in [1.82, 2.24) is 10.3 Å². The maximum absolute atomic E-state index is 13.0. The molecule has 0 aliphatic carbocycles. The summed E-state index contributed by atoms with van der Waals surface area (Å²) in [6.45, 7) is 0.571. The minimum absolute atomic E-state index is 0.107. The molecule has 0 saturated carbocycles. The van der Waals surface area contributed by atoms with Crippen molar-refractivity contribution in [3.05, 3.63) is 70.9 Å². The first kappa shape index (κ1) is 16.1. The zero-order valence-electron chi connectivity index (χ0n) is 13.0. The fourth-order valence-corrected chi connectivity index (χ4v) is 2.97. The Hall–Kier alpha value is -2.73. The van der Waals surface area contributed by atoms with Gasteiger partial charge in [-0.2, -0.15) is 0 Å². The van der Waals surface area contributed by atoms with E-state index in [1.54, 1.807) is 25.2 Å². The Kier molecular flexibility index (Phi) is 4.86. The van der Waals surface area contributed by atoms with Gasteiger partial charge < -0.3 is 10.6 Å². The molecule has 2 aromatic carbocycles. The molecule has 0 spiro atoms. The molecule has 0 fully saturated rings. The number of amides is 1. The number of nitrogens with zero attached hydrogens (tertiary/aromatic N) is 1. The zero-order valence-corrected chi connectivity index (χ0v) is 13.9. The van der Waals surface area contributed by atoms with Crippen molar-refractivity contribution in [2.45, 2.75) is 6.54 Å². The maximum atomic E-state index is 13.0. The second-order valence-electron chi connectivity index (χ2n) is 5.18. The number of nitrogens with one attached hydrogen (secondary N) is 2. The van der Waals surface area contributed by atoms with Gasteiger partial charge in [0.2, 0.25) is 0 Å². The fourth-order valence-electron chi connectivity index (χ4n) is 2.25. The van der Waals surface area contributed by atoms with Gasteiger partial charge >= 0.3 is 0 Å². The van der Waals surface area contributed by atoms with Crippen molar-refractivity contribution >= 4 is 22.4 Å². The predicted octanol–water partition coefficient (Wildman–Crippen LogP) is 3.92. The van der Waals surface area contributed by atoms with Crippen LogP contribution in [0.1, 0.15) is 15.9 Å². The molecule has 0 saturated heterocycles. The van der Waals surface area contributed by atoms with Crippen LogP contribution < -0.4 is 10.6 Å². The fraction of sp³-hybridized carbons (Fsp3) is 0.111. The van der Waals surface area contributed by atoms with E-state index in [-0.39, 0.29) is 11.7 Å². The van der Waals surface area contributed by atoms with Crippen LogP contribution in [-0.2, 0) is 6.54 Å². The van der Waals surface area contributed by atoms with Gasteiger partial charge in [-0.15, -0.1) is 11.3 Å². The molecule has 0 atom stereocenters. The SMILES string of the molecule is CNC(=O)c1cccc(CNc2nc(-c3ccc(F)cc3)cs2)c1. The molecule has 4 nitrogen and oxygen atoms in total. The van der Waals surface area contributed by atoms with E-state index < -0.39 is 0 Å². The lowest BCUT2D eigenvalue weighted by Gasteiger charge is -2.05. The summed E-state index contributed by atoms with van der Waals surface area (Å²) in [5.74, 6) is -0.368. The summed E-state index contributed by atoms with van der Waals surface area (Å²) < 4.78 is 13.0. The highest BCUT2D eigenvalue weighted by atomic mass is 32.1. The van der Waals surface area contributed by atoms with Crippen molar-refractivity contribution < 1.29 is 9.18 Å². The number of thiazole rings is 1. The van der Waals surface area contributed by atoms with E-state index in [4.69, 9.17) is 0 Å². The van der Waals surface area contributed by atoms with Gasteiger partial charge in [0.15, 0.2) is 5.13 Å². The highest BCUT2D eigenvalue weighted by Gasteiger charge is 2.06. The molecule has 0 radical (unpaired) electrons. The summed E-state index contributed by atoms with van der Waals surface area (Å²) in [5.41, 5.74) is 3.31. The summed E-state index contributed by atoms with van der Waals surface area (Å²) >= 11 is 1.49. The number of halogens is 1. The van der Waals surface area contributed by atoms with Crippen LogP contribution >= 0.6 is 11.3 Å². The van der Waals surface area contributed by atoms with Gasteiger partial charge in [-0.3, -0.25) is 4.79 Å². The number of carbonyl (C=O) groups is 1. The number of benzene rings is 2. The Morgan fingerprint density at radius 3 is 2.75 bits per heavy atom. The van der Waals surface area contributed by atoms with E-state index in [9.17, 15) is 9.18 Å². The molecule has 1 amide bonds. The Bertz CT molecular complexity index is 845. The van der Waals surface area contributed by atoms with Crippen molar-refractivity contribution in [2.75, 3.05) is 12.4 Å². The van der Waals surface area contributed by atoms with E-state index in [1.165, 1.54) is 23.5 Å². The number of carbonyl (C=O) groups excluding carboxylic acids is 1. The zero-order chi connectivity index (χ0) is 16.9. The van der Waals surface area contributed by atoms with Gasteiger partial charge in [0.05, 0.1) is 5.69 Å². The van der Waals surface area contributed by atoms with Crippen LogP contribution in [-0.4, -0.2) is 17.9 Å². The van der Waals surface area contributed by atoms with E-state index in [0.717, 1.165) is 22.0 Å². The van der Waals surface area contributed by atoms with Crippen LogP contribution in [0.5, 0.6) is 0 Å². The topological polar surface area (TPSA) is 54.0 Å². The lowest BCUT2D eigenvalue weighted by Crippen LogP contribution is -2.17. The largest absolute Gasteiger partial charge is 0.357 e. The Balaban J connectivity index is 1.67. The molecule has 0 unspecified atom stereocenters. The van der Waals surface area contributed by atoms with Crippen molar-refractivity contribution in [1.29, 1.82) is 0 Å². The van der Waals surface area contributed by atoms with Gasteiger partial charge in [-0.05, 0) is 42.0 Å². The molecule has 0 aliphatic rings. The number of anilines is 1. The Morgan fingerprint density at radius 2 is 2.00 bits per heavy atom. The van der Waals surface area contributed by atoms with E-state index in [0.29, 0.717) is 12.1 Å². The molecular weight excluding hydrogens is 325 g/mol. The van der Waals surface area contributed by atoms with Crippen LogP contribution in [0.25, 0.3) is 11.3 Å². The van der Waals surface area contributed by atoms with E-state index in [1.807, 2.05) is 23.6 Å². The first-order valence-electron chi connectivity index (χ1n) is 7.42. The summed E-state index contributed by atoms with van der Waals surface area (Å²) in [6.07, 6.45) is 0. The molecule has 1 heterocycles. The molecule has 6 heteroatoms. The monoisotopic (exact) mass is 341 g/mol. The minimum Gasteiger partial charge on any atom is -0.357 e. The quantitative estimate of drug-likeness (QED) is 0.739. The van der Waals surface area contributed by atoms with Gasteiger partial charge in [-0.1, -0.05) is 12.1 Å². The third-order valence-electron chi connectivity index (χ3n) is 3.50. The molecule has 122 valence electrons. The first-order chi connectivity index (χ1) is 11.7. The van der Waals surface area contributed by atoms with Crippen LogP contribution in [0.2, 0.25) is 0 Å². The van der Waals surface area contributed by atoms with E-state index >= 15 is 0 Å². The lowest BCUT2D eigenvalue weighted by molar-refractivity contribution is 0.0963. The van der Waals surface area contributed by atoms with Gasteiger partial charge in [0.25, 0.3) is 5.91 Å². The van der Waals surface area contributed by atoms with Crippen molar-refractivity contribution in [3.63, 3.8) is 0 Å². The van der Waals surface area contributed by atoms with Crippen molar-refractivity contribution in [3.8, 4) is 11.3 Å². The maximum Gasteiger partial charge on any atom is 0.251 e. The van der Waals surface area contributed by atoms with Gasteiger partial charge in [0, 0.05) is 30.1 Å². The third-order valence-corrected chi connectivity index (χ3v) is 4.30. The Labute approximate surface area is 143 Å². The second-order valence-corrected chi connectivity index (χ2v) is 6.04. The number of hydrogen-bond acceptors (Lipinski definition) is 4. The summed E-state index contributed by atoms with van der Waals surface area (Å²) in [7, 11) is 1.61. The molecule has 0 bridgehead atoms. The molecule has 24 heavy (non-hydrogen) atoms. The minimum atomic E-state index is -0.261. The first-order valence-corrected chi connectivity index (χ1v) is 8.30. The van der Waals surface area contributed by atoms with Gasteiger partial charge in [-0.25, -0.2) is 9.37 Å². The van der Waals surface area contributed by atoms with Gasteiger partial charge in [0.1, 0.15) is 5.82 Å². The van der Waals surface area contributed by atoms with Crippen LogP contribution in [0, 0.1) is 5.82 Å². The average Bonchev–Trinajstić information content (AvgIpc) is 3.09. The van der Waals surface area contributed by atoms with Crippen LogP contribution in [0.15, 0.2) is 53.9 Å². The number of aromatic nitrogens is 1. The smallest absolute Gasteiger partial charge is 0.251 e. The summed E-state index contributed by atoms with van der Waals surface area (Å²) in [4.78, 5) is 16.2. The Morgan fingerprint density at radius 1 is 1.21 bits per heavy atom. The molecule has 3 aromatic rings. The van der Waals surface area contributed by atoms with Crippen molar-refractivity contribution in [2.24, 2.45) is 0 Å². The van der Waals surface area contributed by atoms with Crippen LogP contribution in [0.4, 0.5) is 9.52 Å². The van der Waals surface area contributed by atoms with E-state index in [2.05, 4.69) is 15.6 Å². The molecular formula is C18H16FN3OS. The lowest BCUT2D eigenvalue weighted by atomic mass is 10.1. The molecule has 3 rings (SSSR count). The summed E-state index contributed by atoms with van der Waals surface area (Å²) in [6, 6.07) is 13.7. The third kappa shape index (κ3) is 3.78.